The third-order valence-corrected chi connectivity index (χ3v) is 3.73. The number of piperidine rings is 1. The van der Waals surface area contributed by atoms with Crippen LogP contribution in [0.1, 0.15) is 23.2 Å². The van der Waals surface area contributed by atoms with Crippen molar-refractivity contribution in [3.8, 4) is 0 Å². The van der Waals surface area contributed by atoms with Crippen LogP contribution in [0.25, 0.3) is 0 Å². The zero-order valence-corrected chi connectivity index (χ0v) is 12.0. The Kier molecular flexibility index (Phi) is 4.85. The van der Waals surface area contributed by atoms with E-state index in [4.69, 9.17) is 16.7 Å². The number of carboxylic acid groups (broad SMARTS) is 1. The molecule has 0 atom stereocenters. The van der Waals surface area contributed by atoms with Gasteiger partial charge in [0.05, 0.1) is 5.69 Å². The molecule has 0 amide bonds. The molecule has 2 heterocycles. The fourth-order valence-corrected chi connectivity index (χ4v) is 2.52. The second-order valence-corrected chi connectivity index (χ2v) is 5.33. The van der Waals surface area contributed by atoms with Crippen LogP contribution in [0.5, 0.6) is 0 Å². The maximum atomic E-state index is 11.2. The largest absolute Gasteiger partial charge is 0.478 e. The minimum absolute atomic E-state index is 0.118. The highest BCUT2D eigenvalue weighted by Crippen LogP contribution is 2.22. The number of halogens is 1. The molecule has 1 aliphatic rings. The molecule has 0 aromatic carbocycles. The topological polar surface area (TPSA) is 85.7 Å². The number of aromatic nitrogens is 1. The number of pyridine rings is 1. The minimum Gasteiger partial charge on any atom is -0.478 e. The fraction of sp³-hybridized carbons (Fsp3) is 0.500. The molecule has 0 bridgehead atoms. The predicted molar refractivity (Wildman–Crippen MR) is 78.3 cm³/mol. The number of carbonyl (C=O) groups is 1. The van der Waals surface area contributed by atoms with E-state index < -0.39 is 13.0 Å². The maximum Gasteiger partial charge on any atom is 0.376 e. The molecular weight excluding hydrogens is 280 g/mol. The first-order valence-corrected chi connectivity index (χ1v) is 6.92. The summed E-state index contributed by atoms with van der Waals surface area (Å²) in [6.45, 7) is 3.30. The number of hydrogen-bond acceptors (Lipinski definition) is 5. The Bertz CT molecular complexity index is 493. The van der Waals surface area contributed by atoms with Gasteiger partial charge in [-0.05, 0) is 38.8 Å². The van der Waals surface area contributed by atoms with Crippen LogP contribution in [-0.4, -0.2) is 52.1 Å². The van der Waals surface area contributed by atoms with Crippen molar-refractivity contribution < 1.29 is 14.9 Å². The Labute approximate surface area is 122 Å². The Morgan fingerprint density at radius 3 is 2.75 bits per heavy atom. The van der Waals surface area contributed by atoms with E-state index in [0.29, 0.717) is 5.69 Å². The van der Waals surface area contributed by atoms with Crippen LogP contribution in [0.15, 0.2) is 12.3 Å². The number of aromatic carboxylic acids is 1. The van der Waals surface area contributed by atoms with Gasteiger partial charge in [0.15, 0.2) is 0 Å². The third-order valence-electron chi connectivity index (χ3n) is 3.52. The maximum absolute atomic E-state index is 11.2. The molecule has 20 heavy (non-hydrogen) atoms. The first-order valence-electron chi connectivity index (χ1n) is 6.55. The monoisotopic (exact) mass is 297 g/mol. The van der Waals surface area contributed by atoms with E-state index in [1.54, 1.807) is 6.82 Å². The smallest absolute Gasteiger partial charge is 0.376 e. The van der Waals surface area contributed by atoms with Crippen LogP contribution < -0.4 is 5.32 Å². The van der Waals surface area contributed by atoms with E-state index in [0.717, 1.165) is 25.9 Å². The number of nitrogens with one attached hydrogen (secondary N) is 1. The molecule has 0 radical (unpaired) electrons. The van der Waals surface area contributed by atoms with Crippen molar-refractivity contribution in [1.82, 2.24) is 9.79 Å². The van der Waals surface area contributed by atoms with Gasteiger partial charge in [0.25, 0.3) is 0 Å². The first-order chi connectivity index (χ1) is 9.47. The predicted octanol–water partition coefficient (Wildman–Crippen LogP) is 1.42. The summed E-state index contributed by atoms with van der Waals surface area (Å²) in [4.78, 5) is 16.9. The Balaban J connectivity index is 2.04. The lowest BCUT2D eigenvalue weighted by atomic mass is 9.82. The van der Waals surface area contributed by atoms with Gasteiger partial charge in [-0.3, -0.25) is 0 Å². The van der Waals surface area contributed by atoms with Crippen molar-refractivity contribution in [2.75, 3.05) is 18.4 Å². The van der Waals surface area contributed by atoms with Gasteiger partial charge in [0.2, 0.25) is 0 Å². The molecule has 0 unspecified atom stereocenters. The molecule has 1 aromatic rings. The van der Waals surface area contributed by atoms with Gasteiger partial charge in [0.1, 0.15) is 10.7 Å². The van der Waals surface area contributed by atoms with Crippen LogP contribution in [-0.2, 0) is 0 Å². The molecule has 6 nitrogen and oxygen atoms in total. The molecule has 0 aliphatic carbocycles. The van der Waals surface area contributed by atoms with Crippen molar-refractivity contribution in [2.45, 2.75) is 25.7 Å². The summed E-state index contributed by atoms with van der Waals surface area (Å²) < 4.78 is 0. The van der Waals surface area contributed by atoms with E-state index >= 15 is 0 Å². The average molecular weight is 298 g/mol. The summed E-state index contributed by atoms with van der Waals surface area (Å²) in [6, 6.07) is 1.70. The number of rotatable bonds is 4. The average Bonchev–Trinajstić information content (AvgIpc) is 2.39. The summed E-state index contributed by atoms with van der Waals surface area (Å²) >= 11 is 5.82. The summed E-state index contributed by atoms with van der Waals surface area (Å²) in [5.74, 6) is -1.03. The second kappa shape index (κ2) is 6.43. The van der Waals surface area contributed by atoms with Crippen LogP contribution in [0.4, 0.5) is 5.69 Å². The van der Waals surface area contributed by atoms with Crippen molar-refractivity contribution in [3.63, 3.8) is 0 Å². The van der Waals surface area contributed by atoms with Crippen molar-refractivity contribution >= 4 is 30.3 Å². The Morgan fingerprint density at radius 1 is 1.55 bits per heavy atom. The quantitative estimate of drug-likeness (QED) is 0.576. The Morgan fingerprint density at radius 2 is 2.20 bits per heavy atom. The van der Waals surface area contributed by atoms with Crippen molar-refractivity contribution in [3.05, 3.63) is 23.0 Å². The number of carboxylic acids is 1. The van der Waals surface area contributed by atoms with E-state index in [9.17, 15) is 9.82 Å². The highest BCUT2D eigenvalue weighted by molar-refractivity contribution is 6.45. The van der Waals surface area contributed by atoms with Crippen molar-refractivity contribution in [1.29, 1.82) is 0 Å². The SMILES string of the molecule is CB(O)N1CCC(Nc2cc(Cl)ncc2C(=O)O)CC1. The number of nitrogens with zero attached hydrogens (tertiary/aromatic N) is 2. The minimum atomic E-state index is -1.03. The molecular formula is C12H17BClN3O3. The molecule has 1 aliphatic heterocycles. The second-order valence-electron chi connectivity index (χ2n) is 4.94. The van der Waals surface area contributed by atoms with Crippen LogP contribution in [0, 0.1) is 0 Å². The normalized spacial score (nSPS) is 16.9. The van der Waals surface area contributed by atoms with Gasteiger partial charge in [-0.15, -0.1) is 0 Å². The molecule has 3 N–H and O–H groups in total. The zero-order valence-electron chi connectivity index (χ0n) is 11.2. The number of hydrogen-bond donors (Lipinski definition) is 3. The van der Waals surface area contributed by atoms with E-state index in [2.05, 4.69) is 10.3 Å². The molecule has 0 spiro atoms. The highest BCUT2D eigenvalue weighted by atomic mass is 35.5. The van der Waals surface area contributed by atoms with Gasteiger partial charge >= 0.3 is 13.0 Å². The van der Waals surface area contributed by atoms with Crippen LogP contribution in [0.3, 0.4) is 0 Å². The van der Waals surface area contributed by atoms with Gasteiger partial charge in [-0.2, -0.15) is 0 Å². The van der Waals surface area contributed by atoms with Gasteiger partial charge in [-0.1, -0.05) is 11.6 Å². The van der Waals surface area contributed by atoms with Crippen LogP contribution >= 0.6 is 11.6 Å². The fourth-order valence-electron chi connectivity index (χ4n) is 2.36. The van der Waals surface area contributed by atoms with E-state index in [-0.39, 0.29) is 16.8 Å². The van der Waals surface area contributed by atoms with E-state index in [1.165, 1.54) is 12.3 Å². The molecule has 108 valence electrons. The lowest BCUT2D eigenvalue weighted by molar-refractivity contribution is 0.0697. The summed E-state index contributed by atoms with van der Waals surface area (Å²) in [5.41, 5.74) is 0.611. The van der Waals surface area contributed by atoms with Gasteiger partial charge in [-0.25, -0.2) is 9.78 Å². The van der Waals surface area contributed by atoms with Gasteiger partial charge < -0.3 is 20.3 Å². The lowest BCUT2D eigenvalue weighted by Gasteiger charge is -2.33. The molecule has 2 rings (SSSR count). The lowest BCUT2D eigenvalue weighted by Crippen LogP contribution is -2.46. The van der Waals surface area contributed by atoms with Crippen LogP contribution in [0.2, 0.25) is 12.0 Å². The molecule has 1 fully saturated rings. The first kappa shape index (κ1) is 15.1. The number of anilines is 1. The zero-order chi connectivity index (χ0) is 14.7. The molecule has 1 aromatic heterocycles. The summed E-state index contributed by atoms with van der Waals surface area (Å²) in [7, 11) is -0.444. The van der Waals surface area contributed by atoms with Crippen molar-refractivity contribution in [2.24, 2.45) is 0 Å². The summed E-state index contributed by atoms with van der Waals surface area (Å²) in [5, 5.41) is 22.1. The molecule has 8 heteroatoms. The third kappa shape index (κ3) is 3.62. The standard InChI is InChI=1S/C12H17BClN3O3/c1-13(20)17-4-2-8(3-5-17)16-10-6-11(14)15-7-9(10)12(18)19/h6-8,20H,2-5H2,1H3,(H,15,16)(H,18,19). The molecule has 0 saturated carbocycles. The summed E-state index contributed by atoms with van der Waals surface area (Å²) in [6.07, 6.45) is 2.94. The van der Waals surface area contributed by atoms with Gasteiger partial charge in [0, 0.05) is 12.2 Å². The Hall–Kier alpha value is -1.31. The molecule has 1 saturated heterocycles. The van der Waals surface area contributed by atoms with E-state index in [1.807, 2.05) is 4.81 Å². The highest BCUT2D eigenvalue weighted by Gasteiger charge is 2.24.